The first-order valence-corrected chi connectivity index (χ1v) is 6.37. The molecule has 21 heavy (non-hydrogen) atoms. The normalized spacial score (nSPS) is 24.4. The van der Waals surface area contributed by atoms with Gasteiger partial charge in [0.05, 0.1) is 18.4 Å². The molecule has 0 unspecified atom stereocenters. The summed E-state index contributed by atoms with van der Waals surface area (Å²) in [6.07, 6.45) is 0. The van der Waals surface area contributed by atoms with Crippen LogP contribution in [0.1, 0.15) is 20.8 Å². The Morgan fingerprint density at radius 1 is 1.14 bits per heavy atom. The van der Waals surface area contributed by atoms with Gasteiger partial charge in [-0.05, 0) is 32.4 Å². The molecule has 0 aliphatic heterocycles. The number of esters is 1. The summed E-state index contributed by atoms with van der Waals surface area (Å²) in [5.41, 5.74) is -2.52. The van der Waals surface area contributed by atoms with Gasteiger partial charge < -0.3 is 4.74 Å². The third kappa shape index (κ3) is 2.43. The van der Waals surface area contributed by atoms with E-state index in [2.05, 4.69) is 16.3 Å². The highest BCUT2D eigenvalue weighted by atomic mass is 35.5. The zero-order valence-electron chi connectivity index (χ0n) is 11.4. The second-order valence-corrected chi connectivity index (χ2v) is 5.28. The molecule has 0 saturated heterocycles. The van der Waals surface area contributed by atoms with Crippen LogP contribution in [-0.2, 0) is 19.1 Å². The van der Waals surface area contributed by atoms with Gasteiger partial charge >= 0.3 is 17.3 Å². The minimum atomic E-state index is -5.00. The lowest BCUT2D eigenvalue weighted by atomic mass is 9.90. The first-order chi connectivity index (χ1) is 9.36. The summed E-state index contributed by atoms with van der Waals surface area (Å²) in [6.45, 7) is 2.73. The monoisotopic (exact) mass is 332 g/mol. The van der Waals surface area contributed by atoms with Gasteiger partial charge in [-0.3, -0.25) is 14.4 Å². The average molecular weight is 333 g/mol. The molecule has 0 heterocycles. The van der Waals surface area contributed by atoms with Gasteiger partial charge in [-0.15, -0.1) is 0 Å². The van der Waals surface area contributed by atoms with Crippen LogP contribution >= 0.6 is 11.6 Å². The molecule has 2 atom stereocenters. The molecule has 1 aliphatic carbocycles. The predicted molar refractivity (Wildman–Crippen MR) is 63.2 cm³/mol. The molecular weight excluding hydrogens is 320 g/mol. The lowest BCUT2D eigenvalue weighted by molar-refractivity contribution is -0.182. The number of hydrogen-bond acceptors (Lipinski definition) is 4. The predicted octanol–water partition coefficient (Wildman–Crippen LogP) is 2.43. The van der Waals surface area contributed by atoms with Crippen molar-refractivity contribution < 1.29 is 36.7 Å². The van der Waals surface area contributed by atoms with E-state index in [1.54, 1.807) is 0 Å². The molecule has 0 aromatic carbocycles. The van der Waals surface area contributed by atoms with E-state index in [4.69, 9.17) is 0 Å². The quantitative estimate of drug-likeness (QED) is 0.324. The highest BCUT2D eigenvalue weighted by Crippen LogP contribution is 2.69. The van der Waals surface area contributed by atoms with Gasteiger partial charge in [-0.2, -0.15) is 17.6 Å². The summed E-state index contributed by atoms with van der Waals surface area (Å²) in [4.78, 5) is 34.9. The molecular formula is C12H13ClF4O4. The van der Waals surface area contributed by atoms with Crippen molar-refractivity contribution in [3.8, 4) is 0 Å². The molecule has 9 heteroatoms. The number of ether oxygens (including phenoxy) is 1. The van der Waals surface area contributed by atoms with Gasteiger partial charge in [0.2, 0.25) is 0 Å². The van der Waals surface area contributed by atoms with E-state index in [0.29, 0.717) is 0 Å². The molecule has 0 bridgehead atoms. The fourth-order valence-electron chi connectivity index (χ4n) is 2.74. The molecule has 120 valence electrons. The highest BCUT2D eigenvalue weighted by molar-refractivity contribution is 6.23. The van der Waals surface area contributed by atoms with Gasteiger partial charge in [-0.25, -0.2) is 0 Å². The van der Waals surface area contributed by atoms with E-state index in [0.717, 1.165) is 13.8 Å². The van der Waals surface area contributed by atoms with E-state index in [1.165, 1.54) is 6.92 Å². The topological polar surface area (TPSA) is 60.4 Å². The van der Waals surface area contributed by atoms with Gasteiger partial charge in [0.1, 0.15) is 17.0 Å². The number of carbonyl (C=O) groups excluding carboxylic acids is 3. The van der Waals surface area contributed by atoms with E-state index < -0.39 is 46.1 Å². The van der Waals surface area contributed by atoms with Crippen molar-refractivity contribution in [2.75, 3.05) is 6.61 Å². The summed E-state index contributed by atoms with van der Waals surface area (Å²) >= 11 is 4.39. The lowest BCUT2D eigenvalue weighted by Gasteiger charge is -2.23. The molecule has 1 aliphatic rings. The minimum absolute atomic E-state index is 0.212. The van der Waals surface area contributed by atoms with E-state index >= 15 is 0 Å². The second-order valence-electron chi connectivity index (χ2n) is 4.81. The fourth-order valence-corrected chi connectivity index (χ4v) is 2.85. The maximum Gasteiger partial charge on any atom is 0.384 e. The summed E-state index contributed by atoms with van der Waals surface area (Å²) in [5, 5.41) is -5.00. The Labute approximate surface area is 122 Å². The van der Waals surface area contributed by atoms with Crippen LogP contribution in [0.15, 0.2) is 0 Å². The maximum atomic E-state index is 13.8. The van der Waals surface area contributed by atoms with Crippen LogP contribution in [0, 0.1) is 17.3 Å². The number of Topliss-reactive ketones (excluding diaryl/α,β-unsaturated/α-hetero) is 2. The van der Waals surface area contributed by atoms with Crippen LogP contribution in [0.5, 0.6) is 0 Å². The Kier molecular flexibility index (Phi) is 4.45. The van der Waals surface area contributed by atoms with Crippen molar-refractivity contribution in [3.63, 3.8) is 0 Å². The van der Waals surface area contributed by atoms with Crippen molar-refractivity contribution >= 4 is 29.1 Å². The third-order valence-electron chi connectivity index (χ3n) is 3.68. The van der Waals surface area contributed by atoms with E-state index in [1.807, 2.05) is 0 Å². The summed E-state index contributed by atoms with van der Waals surface area (Å²) in [5.74, 6) is -12.9. The number of ketones is 2. The number of rotatable bonds is 6. The molecule has 0 spiro atoms. The van der Waals surface area contributed by atoms with Crippen molar-refractivity contribution in [2.45, 2.75) is 32.1 Å². The largest absolute Gasteiger partial charge is 0.466 e. The van der Waals surface area contributed by atoms with Crippen molar-refractivity contribution in [1.82, 2.24) is 0 Å². The molecule has 4 nitrogen and oxygen atoms in total. The van der Waals surface area contributed by atoms with Crippen molar-refractivity contribution in [3.05, 3.63) is 0 Å². The van der Waals surface area contributed by atoms with E-state index in [9.17, 15) is 31.9 Å². The van der Waals surface area contributed by atoms with Crippen LogP contribution in [0.2, 0.25) is 0 Å². The van der Waals surface area contributed by atoms with Crippen LogP contribution in [0.3, 0.4) is 0 Å². The number of hydrogen-bond donors (Lipinski definition) is 0. The molecule has 1 fully saturated rings. The summed E-state index contributed by atoms with van der Waals surface area (Å²) in [6, 6.07) is 0. The van der Waals surface area contributed by atoms with Gasteiger partial charge in [0.25, 0.3) is 0 Å². The summed E-state index contributed by atoms with van der Waals surface area (Å²) < 4.78 is 57.9. The van der Waals surface area contributed by atoms with E-state index in [-0.39, 0.29) is 6.61 Å². The zero-order chi connectivity index (χ0) is 16.8. The molecule has 0 radical (unpaired) electrons. The molecule has 1 saturated carbocycles. The standard InChI is InChI=1S/C12H13ClF4O4/c1-4-21-9(20)7-8(11(14,15)12(13,16)17)10(7,5(2)18)6(3)19/h7-8H,4H2,1-3H3/t7-,8+/m0/s1. The second kappa shape index (κ2) is 5.23. The average Bonchev–Trinajstić information content (AvgIpc) is 2.99. The number of alkyl halides is 5. The van der Waals surface area contributed by atoms with Crippen LogP contribution in [0.4, 0.5) is 17.6 Å². The van der Waals surface area contributed by atoms with Gasteiger partial charge in [0, 0.05) is 0 Å². The fraction of sp³-hybridized carbons (Fsp3) is 0.750. The molecule has 0 aromatic heterocycles. The van der Waals surface area contributed by atoms with Crippen molar-refractivity contribution in [1.29, 1.82) is 0 Å². The SMILES string of the molecule is CCOC(=O)[C@@H]1[C@@H](C(F)(F)C(F)(F)Cl)C1(C(C)=O)C(C)=O. The Bertz CT molecular complexity index is 472. The first-order valence-electron chi connectivity index (χ1n) is 6.00. The third-order valence-corrected chi connectivity index (χ3v) is 3.93. The molecule has 1 rings (SSSR count). The minimum Gasteiger partial charge on any atom is -0.466 e. The van der Waals surface area contributed by atoms with Crippen LogP contribution < -0.4 is 0 Å². The highest BCUT2D eigenvalue weighted by Gasteiger charge is 2.86. The molecule has 0 amide bonds. The maximum absolute atomic E-state index is 13.8. The van der Waals surface area contributed by atoms with Crippen molar-refractivity contribution in [2.24, 2.45) is 17.3 Å². The number of carbonyl (C=O) groups is 3. The summed E-state index contributed by atoms with van der Waals surface area (Å²) in [7, 11) is 0. The Balaban J connectivity index is 3.38. The van der Waals surface area contributed by atoms with Gasteiger partial charge in [-0.1, -0.05) is 0 Å². The lowest BCUT2D eigenvalue weighted by Crippen LogP contribution is -2.42. The molecule has 0 N–H and O–H groups in total. The zero-order valence-corrected chi connectivity index (χ0v) is 12.1. The smallest absolute Gasteiger partial charge is 0.384 e. The Hall–Kier alpha value is -1.18. The van der Waals surface area contributed by atoms with Gasteiger partial charge in [0.15, 0.2) is 0 Å². The van der Waals surface area contributed by atoms with Crippen LogP contribution in [0.25, 0.3) is 0 Å². The number of halogens is 5. The Morgan fingerprint density at radius 3 is 1.86 bits per heavy atom. The Morgan fingerprint density at radius 2 is 1.57 bits per heavy atom. The molecule has 0 aromatic rings. The van der Waals surface area contributed by atoms with Crippen LogP contribution in [-0.4, -0.2) is 35.4 Å². The first kappa shape index (κ1) is 17.9.